The maximum Gasteiger partial charge on any atom is 0.294 e. The van der Waals surface area contributed by atoms with Gasteiger partial charge in [-0.2, -0.15) is 0 Å². The molecule has 0 aromatic heterocycles. The Morgan fingerprint density at radius 1 is 1.43 bits per heavy atom. The molecule has 1 aliphatic rings. The SMILES string of the molecule is CCC1CCCC(CC(C)(N)CCCC(C)O[N+](=O)[O-])C1. The fourth-order valence-electron chi connectivity index (χ4n) is 3.71. The van der Waals surface area contributed by atoms with E-state index in [0.29, 0.717) is 6.42 Å². The number of nitrogens with two attached hydrogens (primary N) is 1. The van der Waals surface area contributed by atoms with Gasteiger partial charge in [0.1, 0.15) is 6.10 Å². The maximum absolute atomic E-state index is 10.3. The summed E-state index contributed by atoms with van der Waals surface area (Å²) in [6.07, 6.45) is 9.86. The van der Waals surface area contributed by atoms with Gasteiger partial charge < -0.3 is 10.6 Å². The van der Waals surface area contributed by atoms with Crippen molar-refractivity contribution in [3.8, 4) is 0 Å². The summed E-state index contributed by atoms with van der Waals surface area (Å²) in [5.74, 6) is 1.64. The van der Waals surface area contributed by atoms with E-state index in [2.05, 4.69) is 18.7 Å². The summed E-state index contributed by atoms with van der Waals surface area (Å²) in [6.45, 7) is 6.15. The van der Waals surface area contributed by atoms with Crippen molar-refractivity contribution < 1.29 is 9.92 Å². The summed E-state index contributed by atoms with van der Waals surface area (Å²) >= 11 is 0. The summed E-state index contributed by atoms with van der Waals surface area (Å²) in [7, 11) is 0. The van der Waals surface area contributed by atoms with Crippen molar-refractivity contribution >= 4 is 0 Å². The topological polar surface area (TPSA) is 78.4 Å². The number of hydrogen-bond acceptors (Lipinski definition) is 4. The van der Waals surface area contributed by atoms with Gasteiger partial charge in [-0.3, -0.25) is 0 Å². The lowest BCUT2D eigenvalue weighted by molar-refractivity contribution is -0.767. The van der Waals surface area contributed by atoms with Crippen LogP contribution in [0.5, 0.6) is 0 Å². The van der Waals surface area contributed by atoms with Gasteiger partial charge in [-0.1, -0.05) is 32.6 Å². The molecule has 5 nitrogen and oxygen atoms in total. The minimum absolute atomic E-state index is 0.158. The van der Waals surface area contributed by atoms with E-state index in [1.165, 1.54) is 32.1 Å². The monoisotopic (exact) mass is 300 g/mol. The number of nitrogens with zero attached hydrogens (tertiary/aromatic N) is 1. The molecule has 0 aliphatic heterocycles. The molecule has 0 spiro atoms. The van der Waals surface area contributed by atoms with Gasteiger partial charge in [0.15, 0.2) is 0 Å². The molecule has 4 atom stereocenters. The highest BCUT2D eigenvalue weighted by molar-refractivity contribution is 4.84. The first-order chi connectivity index (χ1) is 9.82. The second-order valence-electron chi connectivity index (χ2n) is 7.20. The molecule has 0 amide bonds. The summed E-state index contributed by atoms with van der Waals surface area (Å²) in [5, 5.41) is 9.54. The molecule has 1 fully saturated rings. The molecule has 1 aliphatic carbocycles. The minimum Gasteiger partial charge on any atom is -0.325 e. The van der Waals surface area contributed by atoms with Gasteiger partial charge >= 0.3 is 0 Å². The van der Waals surface area contributed by atoms with Crippen LogP contribution in [0.15, 0.2) is 0 Å². The van der Waals surface area contributed by atoms with E-state index < -0.39 is 5.09 Å². The van der Waals surface area contributed by atoms with E-state index in [0.717, 1.165) is 31.1 Å². The smallest absolute Gasteiger partial charge is 0.294 e. The van der Waals surface area contributed by atoms with E-state index in [1.54, 1.807) is 6.92 Å². The third kappa shape index (κ3) is 7.65. The Labute approximate surface area is 128 Å². The first kappa shape index (κ1) is 18.2. The Balaban J connectivity index is 2.27. The molecular formula is C16H32N2O3. The third-order valence-electron chi connectivity index (χ3n) is 4.85. The first-order valence-electron chi connectivity index (χ1n) is 8.42. The van der Waals surface area contributed by atoms with Crippen LogP contribution in [-0.4, -0.2) is 16.7 Å². The van der Waals surface area contributed by atoms with Crippen LogP contribution in [0, 0.1) is 22.0 Å². The van der Waals surface area contributed by atoms with E-state index in [1.807, 2.05) is 0 Å². The van der Waals surface area contributed by atoms with Crippen LogP contribution in [0.4, 0.5) is 0 Å². The fraction of sp³-hybridized carbons (Fsp3) is 1.00. The highest BCUT2D eigenvalue weighted by Gasteiger charge is 2.28. The van der Waals surface area contributed by atoms with E-state index in [9.17, 15) is 10.1 Å². The van der Waals surface area contributed by atoms with Crippen molar-refractivity contribution in [1.82, 2.24) is 0 Å². The standard InChI is InChI=1S/C16H32N2O3/c1-4-14-8-5-9-15(11-14)12-16(3,17)10-6-7-13(2)21-18(19)20/h13-15H,4-12,17H2,1-3H3. The molecule has 5 heteroatoms. The number of hydrogen-bond donors (Lipinski definition) is 1. The molecule has 0 saturated heterocycles. The van der Waals surface area contributed by atoms with Crippen LogP contribution in [0.2, 0.25) is 0 Å². The Kier molecular flexibility index (Phi) is 7.43. The highest BCUT2D eigenvalue weighted by atomic mass is 17.0. The second-order valence-corrected chi connectivity index (χ2v) is 7.20. The first-order valence-corrected chi connectivity index (χ1v) is 8.42. The molecule has 124 valence electrons. The summed E-state index contributed by atoms with van der Waals surface area (Å²) in [4.78, 5) is 14.8. The fourth-order valence-corrected chi connectivity index (χ4v) is 3.71. The summed E-state index contributed by atoms with van der Waals surface area (Å²) < 4.78 is 0. The van der Waals surface area contributed by atoms with Crippen LogP contribution in [0.3, 0.4) is 0 Å². The molecule has 0 aromatic carbocycles. The maximum atomic E-state index is 10.3. The molecular weight excluding hydrogens is 268 g/mol. The van der Waals surface area contributed by atoms with Crippen LogP contribution in [-0.2, 0) is 4.84 Å². The van der Waals surface area contributed by atoms with E-state index in [4.69, 9.17) is 5.73 Å². The second kappa shape index (κ2) is 8.57. The molecule has 0 heterocycles. The zero-order chi connectivity index (χ0) is 15.9. The summed E-state index contributed by atoms with van der Waals surface area (Å²) in [6, 6.07) is 0. The molecule has 0 bridgehead atoms. The zero-order valence-corrected chi connectivity index (χ0v) is 13.8. The average Bonchev–Trinajstić information content (AvgIpc) is 2.37. The molecule has 1 rings (SSSR count). The summed E-state index contributed by atoms with van der Waals surface area (Å²) in [5.41, 5.74) is 6.29. The average molecular weight is 300 g/mol. The van der Waals surface area contributed by atoms with Crippen molar-refractivity contribution in [2.45, 2.75) is 90.2 Å². The van der Waals surface area contributed by atoms with Gasteiger partial charge in [0, 0.05) is 5.54 Å². The molecule has 0 aromatic rings. The normalized spacial score (nSPS) is 26.9. The minimum atomic E-state index is -0.709. The van der Waals surface area contributed by atoms with Crippen molar-refractivity contribution in [3.63, 3.8) is 0 Å². The quantitative estimate of drug-likeness (QED) is 0.514. The Morgan fingerprint density at radius 2 is 2.10 bits per heavy atom. The van der Waals surface area contributed by atoms with Crippen molar-refractivity contribution in [2.75, 3.05) is 0 Å². The zero-order valence-electron chi connectivity index (χ0n) is 13.8. The van der Waals surface area contributed by atoms with Gasteiger partial charge in [0.05, 0.1) is 0 Å². The highest BCUT2D eigenvalue weighted by Crippen LogP contribution is 2.36. The number of rotatable bonds is 9. The van der Waals surface area contributed by atoms with Gasteiger partial charge in [-0.25, -0.2) is 0 Å². The molecule has 0 radical (unpaired) electrons. The van der Waals surface area contributed by atoms with Crippen molar-refractivity contribution in [1.29, 1.82) is 0 Å². The predicted molar refractivity (Wildman–Crippen MR) is 84.3 cm³/mol. The van der Waals surface area contributed by atoms with Gasteiger partial charge in [-0.15, -0.1) is 10.1 Å². The lowest BCUT2D eigenvalue weighted by Crippen LogP contribution is -2.39. The van der Waals surface area contributed by atoms with E-state index >= 15 is 0 Å². The van der Waals surface area contributed by atoms with Crippen molar-refractivity contribution in [3.05, 3.63) is 10.1 Å². The van der Waals surface area contributed by atoms with Gasteiger partial charge in [0.25, 0.3) is 5.09 Å². The van der Waals surface area contributed by atoms with Crippen LogP contribution in [0.1, 0.15) is 78.6 Å². The van der Waals surface area contributed by atoms with Crippen LogP contribution in [0.25, 0.3) is 0 Å². The van der Waals surface area contributed by atoms with Crippen LogP contribution < -0.4 is 5.73 Å². The van der Waals surface area contributed by atoms with Crippen molar-refractivity contribution in [2.24, 2.45) is 17.6 Å². The van der Waals surface area contributed by atoms with Gasteiger partial charge in [-0.05, 0) is 57.8 Å². The lowest BCUT2D eigenvalue weighted by Gasteiger charge is -2.35. The third-order valence-corrected chi connectivity index (χ3v) is 4.85. The lowest BCUT2D eigenvalue weighted by atomic mass is 9.74. The molecule has 4 unspecified atom stereocenters. The molecule has 1 saturated carbocycles. The Bertz CT molecular complexity index is 321. The van der Waals surface area contributed by atoms with E-state index in [-0.39, 0.29) is 11.6 Å². The largest absolute Gasteiger partial charge is 0.325 e. The predicted octanol–water partition coefficient (Wildman–Crippen LogP) is 4.08. The Hall–Kier alpha value is -0.840. The van der Waals surface area contributed by atoms with Gasteiger partial charge in [0.2, 0.25) is 0 Å². The molecule has 21 heavy (non-hydrogen) atoms. The molecule has 2 N–H and O–H groups in total. The Morgan fingerprint density at radius 3 is 2.71 bits per heavy atom. The van der Waals surface area contributed by atoms with Crippen LogP contribution >= 0.6 is 0 Å².